The number of benzene rings is 1. The third-order valence-electron chi connectivity index (χ3n) is 1.42. The molecule has 0 spiro atoms. The van der Waals surface area contributed by atoms with Gasteiger partial charge in [0, 0.05) is 5.56 Å². The highest BCUT2D eigenvalue weighted by Crippen LogP contribution is 2.21. The first-order chi connectivity index (χ1) is 6.06. The van der Waals surface area contributed by atoms with E-state index in [1.165, 1.54) is 0 Å². The number of hydrogen-bond donors (Lipinski definition) is 3. The van der Waals surface area contributed by atoms with Gasteiger partial charge in [-0.25, -0.2) is 8.78 Å². The number of halogens is 2. The quantitative estimate of drug-likeness (QED) is 0.263. The molecule has 0 aliphatic carbocycles. The van der Waals surface area contributed by atoms with E-state index < -0.39 is 23.2 Å². The molecule has 0 aliphatic heterocycles. The zero-order valence-corrected chi connectivity index (χ0v) is 6.33. The van der Waals surface area contributed by atoms with Gasteiger partial charge in [-0.05, 0) is 12.1 Å². The van der Waals surface area contributed by atoms with Gasteiger partial charge in [-0.2, -0.15) is 0 Å². The van der Waals surface area contributed by atoms with Gasteiger partial charge in [0.2, 0.25) is 0 Å². The minimum atomic E-state index is -1.17. The van der Waals surface area contributed by atoms with Crippen molar-refractivity contribution in [1.82, 2.24) is 0 Å². The van der Waals surface area contributed by atoms with Gasteiger partial charge < -0.3 is 16.0 Å². The SMILES string of the molecule is N/C(=N\O)c1cc(F)c(O)c(F)c1. The van der Waals surface area contributed by atoms with Gasteiger partial charge in [0.25, 0.3) is 0 Å². The van der Waals surface area contributed by atoms with Crippen LogP contribution in [0.5, 0.6) is 5.75 Å². The number of hydrogen-bond acceptors (Lipinski definition) is 3. The first-order valence-electron chi connectivity index (χ1n) is 3.22. The first kappa shape index (κ1) is 9.24. The lowest BCUT2D eigenvalue weighted by molar-refractivity contribution is 0.318. The first-order valence-corrected chi connectivity index (χ1v) is 3.22. The highest BCUT2D eigenvalue weighted by atomic mass is 19.1. The molecule has 1 rings (SSSR count). The number of amidine groups is 1. The van der Waals surface area contributed by atoms with E-state index in [1.807, 2.05) is 0 Å². The van der Waals surface area contributed by atoms with E-state index in [0.29, 0.717) is 0 Å². The average molecular weight is 188 g/mol. The van der Waals surface area contributed by atoms with Gasteiger partial charge in [-0.3, -0.25) is 0 Å². The third kappa shape index (κ3) is 1.66. The number of phenols is 1. The van der Waals surface area contributed by atoms with Gasteiger partial charge in [-0.1, -0.05) is 5.16 Å². The standard InChI is InChI=1S/C7H6F2N2O2/c8-4-1-3(7(10)11-13)2-5(9)6(4)12/h1-2,12-13H,(H2,10,11). The van der Waals surface area contributed by atoms with Crippen LogP contribution in [-0.2, 0) is 0 Å². The molecule has 0 fully saturated rings. The summed E-state index contributed by atoms with van der Waals surface area (Å²) in [5.74, 6) is -3.85. The molecule has 13 heavy (non-hydrogen) atoms. The van der Waals surface area contributed by atoms with Crippen molar-refractivity contribution in [2.45, 2.75) is 0 Å². The van der Waals surface area contributed by atoms with E-state index in [0.717, 1.165) is 12.1 Å². The number of nitrogens with two attached hydrogens (primary N) is 1. The molecule has 4 nitrogen and oxygen atoms in total. The molecule has 6 heteroatoms. The van der Waals surface area contributed by atoms with Gasteiger partial charge >= 0.3 is 0 Å². The van der Waals surface area contributed by atoms with Crippen molar-refractivity contribution in [3.63, 3.8) is 0 Å². The maximum atomic E-state index is 12.7. The van der Waals surface area contributed by atoms with Crippen molar-refractivity contribution in [1.29, 1.82) is 0 Å². The van der Waals surface area contributed by atoms with E-state index in [9.17, 15) is 8.78 Å². The van der Waals surface area contributed by atoms with Gasteiger partial charge in [0.1, 0.15) is 0 Å². The van der Waals surface area contributed by atoms with Crippen molar-refractivity contribution in [3.8, 4) is 5.75 Å². The number of rotatable bonds is 1. The molecule has 0 saturated heterocycles. The summed E-state index contributed by atoms with van der Waals surface area (Å²) in [5, 5.41) is 19.4. The lowest BCUT2D eigenvalue weighted by Gasteiger charge is -2.01. The molecule has 0 aliphatic rings. The molecule has 0 radical (unpaired) electrons. The van der Waals surface area contributed by atoms with E-state index >= 15 is 0 Å². The molecule has 0 heterocycles. The minimum absolute atomic E-state index is 0.143. The van der Waals surface area contributed by atoms with Crippen LogP contribution in [0.3, 0.4) is 0 Å². The van der Waals surface area contributed by atoms with Crippen molar-refractivity contribution in [2.75, 3.05) is 0 Å². The highest BCUT2D eigenvalue weighted by molar-refractivity contribution is 5.97. The van der Waals surface area contributed by atoms with Crippen molar-refractivity contribution in [2.24, 2.45) is 10.9 Å². The van der Waals surface area contributed by atoms with Gasteiger partial charge in [0.15, 0.2) is 23.2 Å². The fraction of sp³-hybridized carbons (Fsp3) is 0. The number of aromatic hydroxyl groups is 1. The second-order valence-corrected chi connectivity index (χ2v) is 2.27. The second kappa shape index (κ2) is 3.26. The Bertz CT molecular complexity index is 343. The predicted molar refractivity (Wildman–Crippen MR) is 40.5 cm³/mol. The molecule has 1 aromatic rings. The van der Waals surface area contributed by atoms with E-state index in [-0.39, 0.29) is 5.56 Å². The van der Waals surface area contributed by atoms with Crippen LogP contribution in [0, 0.1) is 11.6 Å². The van der Waals surface area contributed by atoms with Crippen LogP contribution < -0.4 is 5.73 Å². The summed E-state index contributed by atoms with van der Waals surface area (Å²) in [6.45, 7) is 0. The Morgan fingerprint density at radius 1 is 1.31 bits per heavy atom. The van der Waals surface area contributed by atoms with E-state index in [2.05, 4.69) is 5.16 Å². The summed E-state index contributed by atoms with van der Waals surface area (Å²) < 4.78 is 25.3. The lowest BCUT2D eigenvalue weighted by atomic mass is 10.2. The van der Waals surface area contributed by atoms with Crippen LogP contribution in [0.15, 0.2) is 17.3 Å². The molecular formula is C7H6F2N2O2. The van der Waals surface area contributed by atoms with Crippen LogP contribution >= 0.6 is 0 Å². The minimum Gasteiger partial charge on any atom is -0.503 e. The third-order valence-corrected chi connectivity index (χ3v) is 1.42. The molecular weight excluding hydrogens is 182 g/mol. The molecule has 0 atom stereocenters. The molecule has 0 aromatic heterocycles. The summed E-state index contributed by atoms with van der Waals surface area (Å²) in [6, 6.07) is 1.51. The molecule has 0 unspecified atom stereocenters. The Morgan fingerprint density at radius 2 is 1.77 bits per heavy atom. The van der Waals surface area contributed by atoms with Crippen LogP contribution in [0.25, 0.3) is 0 Å². The van der Waals surface area contributed by atoms with Crippen molar-refractivity contribution < 1.29 is 19.1 Å². The number of oxime groups is 1. The molecule has 0 saturated carbocycles. The fourth-order valence-electron chi connectivity index (χ4n) is 0.771. The normalized spacial score (nSPS) is 11.7. The molecule has 0 bridgehead atoms. The summed E-state index contributed by atoms with van der Waals surface area (Å²) in [7, 11) is 0. The fourth-order valence-corrected chi connectivity index (χ4v) is 0.771. The monoisotopic (exact) mass is 188 g/mol. The second-order valence-electron chi connectivity index (χ2n) is 2.27. The maximum Gasteiger partial charge on any atom is 0.187 e. The zero-order valence-electron chi connectivity index (χ0n) is 6.33. The summed E-state index contributed by atoms with van der Waals surface area (Å²) in [5.41, 5.74) is 4.92. The summed E-state index contributed by atoms with van der Waals surface area (Å²) in [6.07, 6.45) is 0. The van der Waals surface area contributed by atoms with Crippen LogP contribution in [0.4, 0.5) is 8.78 Å². The van der Waals surface area contributed by atoms with Crippen LogP contribution in [-0.4, -0.2) is 16.1 Å². The van der Waals surface area contributed by atoms with Crippen molar-refractivity contribution >= 4 is 5.84 Å². The largest absolute Gasteiger partial charge is 0.503 e. The van der Waals surface area contributed by atoms with Crippen LogP contribution in [0.2, 0.25) is 0 Å². The number of phenolic OH excluding ortho intramolecular Hbond substituents is 1. The molecule has 0 amide bonds. The van der Waals surface area contributed by atoms with Gasteiger partial charge in [0.05, 0.1) is 0 Å². The van der Waals surface area contributed by atoms with Crippen molar-refractivity contribution in [3.05, 3.63) is 29.3 Å². The zero-order chi connectivity index (χ0) is 10.0. The van der Waals surface area contributed by atoms with Crippen LogP contribution in [0.1, 0.15) is 5.56 Å². The Morgan fingerprint density at radius 3 is 2.15 bits per heavy atom. The maximum absolute atomic E-state index is 12.7. The molecule has 70 valence electrons. The highest BCUT2D eigenvalue weighted by Gasteiger charge is 2.11. The average Bonchev–Trinajstić information content (AvgIpc) is 2.12. The Hall–Kier alpha value is -1.85. The Balaban J connectivity index is 3.29. The summed E-state index contributed by atoms with van der Waals surface area (Å²) in [4.78, 5) is 0. The predicted octanol–water partition coefficient (Wildman–Crippen LogP) is 0.765. The molecule has 1 aromatic carbocycles. The molecule has 4 N–H and O–H groups in total. The topological polar surface area (TPSA) is 78.8 Å². The Labute approximate surface area is 71.9 Å². The summed E-state index contributed by atoms with van der Waals surface area (Å²) >= 11 is 0. The lowest BCUT2D eigenvalue weighted by Crippen LogP contribution is -2.13. The Kier molecular flexibility index (Phi) is 2.32. The van der Waals surface area contributed by atoms with Gasteiger partial charge in [-0.15, -0.1) is 0 Å². The number of nitrogens with zero attached hydrogens (tertiary/aromatic N) is 1. The smallest absolute Gasteiger partial charge is 0.187 e. The van der Waals surface area contributed by atoms with E-state index in [4.69, 9.17) is 16.0 Å². The van der Waals surface area contributed by atoms with E-state index in [1.54, 1.807) is 0 Å².